The molecule has 2 aromatic heterocycles. The lowest BCUT2D eigenvalue weighted by Crippen LogP contribution is -2.34. The van der Waals surface area contributed by atoms with Crippen molar-refractivity contribution in [3.8, 4) is 0 Å². The summed E-state index contributed by atoms with van der Waals surface area (Å²) in [5.41, 5.74) is 0. The van der Waals surface area contributed by atoms with Gasteiger partial charge in [0.1, 0.15) is 17.3 Å². The van der Waals surface area contributed by atoms with Gasteiger partial charge in [-0.05, 0) is 12.8 Å². The van der Waals surface area contributed by atoms with Gasteiger partial charge in [0.2, 0.25) is 0 Å². The minimum atomic E-state index is 0.376. The van der Waals surface area contributed by atoms with E-state index < -0.39 is 0 Å². The highest BCUT2D eigenvalue weighted by atomic mass is 35.5. The Balaban J connectivity index is 2.50. The van der Waals surface area contributed by atoms with Crippen LogP contribution in [0.1, 0.15) is 20.8 Å². The molecule has 0 bridgehead atoms. The molecule has 0 N–H and O–H groups in total. The zero-order chi connectivity index (χ0) is 12.6. The fourth-order valence-electron chi connectivity index (χ4n) is 1.68. The lowest BCUT2D eigenvalue weighted by molar-refractivity contribution is 0.500. The molecular formula is C11H16ClN5. The van der Waals surface area contributed by atoms with Gasteiger partial charge in [-0.15, -0.1) is 0 Å². The van der Waals surface area contributed by atoms with Gasteiger partial charge in [0, 0.05) is 19.2 Å². The van der Waals surface area contributed by atoms with Crippen LogP contribution in [0.5, 0.6) is 0 Å². The summed E-state index contributed by atoms with van der Waals surface area (Å²) in [6.45, 7) is 6.53. The van der Waals surface area contributed by atoms with E-state index in [9.17, 15) is 0 Å². The van der Waals surface area contributed by atoms with Gasteiger partial charge >= 0.3 is 0 Å². The molecule has 0 aliphatic rings. The quantitative estimate of drug-likeness (QED) is 0.788. The van der Waals surface area contributed by atoms with E-state index in [1.807, 2.05) is 13.1 Å². The highest BCUT2D eigenvalue weighted by molar-refractivity contribution is 6.29. The van der Waals surface area contributed by atoms with Gasteiger partial charge < -0.3 is 4.90 Å². The summed E-state index contributed by atoms with van der Waals surface area (Å²) < 4.78 is 1.70. The topological polar surface area (TPSA) is 46.3 Å². The van der Waals surface area contributed by atoms with Crippen molar-refractivity contribution in [2.75, 3.05) is 11.9 Å². The van der Waals surface area contributed by atoms with Crippen molar-refractivity contribution in [3.63, 3.8) is 0 Å². The second-order valence-corrected chi connectivity index (χ2v) is 4.89. The van der Waals surface area contributed by atoms with Gasteiger partial charge in [-0.25, -0.2) is 0 Å². The summed E-state index contributed by atoms with van der Waals surface area (Å²) in [6, 6.07) is 2.18. The maximum Gasteiger partial charge on any atom is 0.255 e. The molecule has 2 aromatic rings. The molecule has 0 aliphatic carbocycles. The Morgan fingerprint density at radius 3 is 2.71 bits per heavy atom. The second-order valence-electron chi connectivity index (χ2n) is 4.50. The first kappa shape index (κ1) is 12.1. The van der Waals surface area contributed by atoms with Crippen LogP contribution in [-0.4, -0.2) is 32.7 Å². The number of fused-ring (bicyclic) bond motifs is 1. The molecule has 0 radical (unpaired) electrons. The zero-order valence-corrected chi connectivity index (χ0v) is 11.2. The number of halogens is 1. The molecule has 0 fully saturated rings. The van der Waals surface area contributed by atoms with E-state index in [4.69, 9.17) is 11.6 Å². The third-order valence-electron chi connectivity index (χ3n) is 3.14. The van der Waals surface area contributed by atoms with Gasteiger partial charge in [-0.1, -0.05) is 25.4 Å². The number of hydrogen-bond acceptors (Lipinski definition) is 4. The normalized spacial score (nSPS) is 13.3. The first-order valence-electron chi connectivity index (χ1n) is 5.60. The number of nitrogens with zero attached hydrogens (tertiary/aromatic N) is 5. The van der Waals surface area contributed by atoms with Crippen LogP contribution in [0.15, 0.2) is 12.4 Å². The molecule has 2 heterocycles. The molecule has 0 saturated carbocycles. The molecule has 0 spiro atoms. The lowest BCUT2D eigenvalue weighted by Gasteiger charge is -2.29. The van der Waals surface area contributed by atoms with E-state index in [0.717, 1.165) is 5.82 Å². The minimum Gasteiger partial charge on any atom is -0.356 e. The fraction of sp³-hybridized carbons (Fsp3) is 0.545. The maximum absolute atomic E-state index is 5.99. The Hall–Kier alpha value is -1.36. The first-order valence-corrected chi connectivity index (χ1v) is 5.97. The number of aromatic nitrogens is 4. The molecule has 1 atom stereocenters. The summed E-state index contributed by atoms with van der Waals surface area (Å²) in [7, 11) is 2.03. The van der Waals surface area contributed by atoms with Crippen LogP contribution >= 0.6 is 11.6 Å². The summed E-state index contributed by atoms with van der Waals surface area (Å²) >= 11 is 5.99. The Bertz CT molecular complexity index is 522. The standard InChI is InChI=1S/C11H16ClN5/c1-7(2)8(3)16(4)10-5-9(12)15-11-13-6-14-17(10)11/h5-8H,1-4H3. The molecule has 0 saturated heterocycles. The van der Waals surface area contributed by atoms with Gasteiger partial charge in [0.15, 0.2) is 0 Å². The van der Waals surface area contributed by atoms with Crippen molar-refractivity contribution >= 4 is 23.2 Å². The van der Waals surface area contributed by atoms with E-state index in [2.05, 4.69) is 40.7 Å². The smallest absolute Gasteiger partial charge is 0.255 e. The fourth-order valence-corrected chi connectivity index (χ4v) is 1.85. The van der Waals surface area contributed by atoms with Crippen LogP contribution in [0.3, 0.4) is 0 Å². The molecular weight excluding hydrogens is 238 g/mol. The molecule has 5 nitrogen and oxygen atoms in total. The van der Waals surface area contributed by atoms with Gasteiger partial charge in [-0.2, -0.15) is 19.6 Å². The van der Waals surface area contributed by atoms with Crippen molar-refractivity contribution in [2.24, 2.45) is 5.92 Å². The first-order chi connectivity index (χ1) is 8.00. The van der Waals surface area contributed by atoms with E-state index in [-0.39, 0.29) is 0 Å². The average Bonchev–Trinajstić information content (AvgIpc) is 2.73. The van der Waals surface area contributed by atoms with E-state index in [1.165, 1.54) is 6.33 Å². The molecule has 17 heavy (non-hydrogen) atoms. The third-order valence-corrected chi connectivity index (χ3v) is 3.33. The third kappa shape index (κ3) is 2.20. The summed E-state index contributed by atoms with van der Waals surface area (Å²) in [4.78, 5) is 10.3. The van der Waals surface area contributed by atoms with Crippen molar-refractivity contribution < 1.29 is 0 Å². The van der Waals surface area contributed by atoms with Crippen molar-refractivity contribution in [1.29, 1.82) is 0 Å². The number of anilines is 1. The summed E-state index contributed by atoms with van der Waals surface area (Å²) in [5, 5.41) is 4.60. The number of hydrogen-bond donors (Lipinski definition) is 0. The van der Waals surface area contributed by atoms with Crippen molar-refractivity contribution in [2.45, 2.75) is 26.8 Å². The van der Waals surface area contributed by atoms with Crippen LogP contribution < -0.4 is 4.90 Å². The Morgan fingerprint density at radius 1 is 1.35 bits per heavy atom. The molecule has 0 aliphatic heterocycles. The predicted octanol–water partition coefficient (Wildman–Crippen LogP) is 2.26. The highest BCUT2D eigenvalue weighted by Crippen LogP contribution is 2.21. The molecule has 92 valence electrons. The summed E-state index contributed by atoms with van der Waals surface area (Å²) in [5.74, 6) is 1.96. The van der Waals surface area contributed by atoms with Crippen molar-refractivity contribution in [3.05, 3.63) is 17.5 Å². The van der Waals surface area contributed by atoms with E-state index >= 15 is 0 Å². The van der Waals surface area contributed by atoms with Gasteiger partial charge in [0.25, 0.3) is 5.78 Å². The molecule has 2 rings (SSSR count). The zero-order valence-electron chi connectivity index (χ0n) is 10.4. The van der Waals surface area contributed by atoms with Crippen molar-refractivity contribution in [1.82, 2.24) is 19.6 Å². The highest BCUT2D eigenvalue weighted by Gasteiger charge is 2.17. The van der Waals surface area contributed by atoms with Crippen LogP contribution in [0.25, 0.3) is 5.78 Å². The van der Waals surface area contributed by atoms with Gasteiger partial charge in [0.05, 0.1) is 0 Å². The summed E-state index contributed by atoms with van der Waals surface area (Å²) in [6.07, 6.45) is 1.48. The Labute approximate surface area is 105 Å². The van der Waals surface area contributed by atoms with E-state index in [0.29, 0.717) is 22.9 Å². The minimum absolute atomic E-state index is 0.376. The molecule has 0 amide bonds. The number of rotatable bonds is 3. The Morgan fingerprint density at radius 2 is 2.06 bits per heavy atom. The lowest BCUT2D eigenvalue weighted by atomic mass is 10.1. The van der Waals surface area contributed by atoms with Crippen LogP contribution in [0.2, 0.25) is 5.15 Å². The molecule has 0 aromatic carbocycles. The largest absolute Gasteiger partial charge is 0.356 e. The predicted molar refractivity (Wildman–Crippen MR) is 68.5 cm³/mol. The van der Waals surface area contributed by atoms with Gasteiger partial charge in [-0.3, -0.25) is 0 Å². The van der Waals surface area contributed by atoms with Crippen LogP contribution in [0, 0.1) is 5.92 Å². The molecule has 1 unspecified atom stereocenters. The SMILES string of the molecule is CC(C)C(C)N(C)c1cc(Cl)nc2ncnn12. The van der Waals surface area contributed by atoms with Crippen LogP contribution in [-0.2, 0) is 0 Å². The maximum atomic E-state index is 5.99. The average molecular weight is 254 g/mol. The molecule has 6 heteroatoms. The van der Waals surface area contributed by atoms with E-state index in [1.54, 1.807) is 4.52 Å². The Kier molecular flexibility index (Phi) is 3.19. The monoisotopic (exact) mass is 253 g/mol. The second kappa shape index (κ2) is 4.49. The van der Waals surface area contributed by atoms with Crippen LogP contribution in [0.4, 0.5) is 5.82 Å².